The van der Waals surface area contributed by atoms with Crippen molar-refractivity contribution in [2.75, 3.05) is 0 Å². The van der Waals surface area contributed by atoms with Crippen molar-refractivity contribution in [2.45, 2.75) is 25.4 Å². The Morgan fingerprint density at radius 2 is 2.05 bits per heavy atom. The Bertz CT molecular complexity index is 541. The molecule has 3 nitrogen and oxygen atoms in total. The van der Waals surface area contributed by atoms with Crippen molar-refractivity contribution in [1.29, 1.82) is 0 Å². The zero-order valence-corrected chi connectivity index (χ0v) is 13.9. The Balaban J connectivity index is 2.20. The molecule has 1 atom stereocenters. The Morgan fingerprint density at radius 3 is 2.60 bits per heavy atom. The lowest BCUT2D eigenvalue weighted by Gasteiger charge is -2.20. The van der Waals surface area contributed by atoms with Gasteiger partial charge in [-0.05, 0) is 81.0 Å². The number of hydrogen-bond acceptors (Lipinski definition) is 2. The van der Waals surface area contributed by atoms with Gasteiger partial charge in [0.1, 0.15) is 11.9 Å². The number of rotatable bonds is 4. The second kappa shape index (κ2) is 7.09. The number of allylic oxidation sites excluding steroid dienone is 1. The van der Waals surface area contributed by atoms with Crippen molar-refractivity contribution in [3.8, 4) is 5.75 Å². The molecule has 1 aromatic rings. The molecule has 1 aliphatic rings. The summed E-state index contributed by atoms with van der Waals surface area (Å²) in [6.07, 6.45) is 10.2. The minimum atomic E-state index is -0.968. The first kappa shape index (κ1) is 15.3. The van der Waals surface area contributed by atoms with Gasteiger partial charge in [-0.2, -0.15) is 0 Å². The molecule has 0 radical (unpaired) electrons. The van der Waals surface area contributed by atoms with Gasteiger partial charge in [0.25, 0.3) is 0 Å². The molecule has 106 valence electrons. The van der Waals surface area contributed by atoms with E-state index in [1.54, 1.807) is 6.08 Å². The highest BCUT2D eigenvalue weighted by atomic mass is 79.9. The van der Waals surface area contributed by atoms with Crippen molar-refractivity contribution >= 4 is 43.9 Å². The summed E-state index contributed by atoms with van der Waals surface area (Å²) in [5.74, 6) is -0.223. The lowest BCUT2D eigenvalue weighted by molar-refractivity contribution is -0.131. The summed E-state index contributed by atoms with van der Waals surface area (Å²) in [5.41, 5.74) is 0.790. The highest BCUT2D eigenvalue weighted by molar-refractivity contribution is 9.11. The van der Waals surface area contributed by atoms with Gasteiger partial charge in [-0.3, -0.25) is 0 Å². The first-order chi connectivity index (χ1) is 9.56. The molecule has 1 unspecified atom stereocenters. The highest BCUT2D eigenvalue weighted by Gasteiger charge is 2.15. The van der Waals surface area contributed by atoms with Crippen LogP contribution in [0.25, 0.3) is 6.08 Å². The molecule has 5 heteroatoms. The molecule has 1 aromatic carbocycles. The molecule has 1 N–H and O–H groups in total. The van der Waals surface area contributed by atoms with Gasteiger partial charge in [0.2, 0.25) is 0 Å². The Hall–Kier alpha value is -1.07. The molecule has 0 saturated carbocycles. The first-order valence-corrected chi connectivity index (χ1v) is 7.88. The summed E-state index contributed by atoms with van der Waals surface area (Å²) in [5, 5.41) is 8.64. The molecule has 0 fully saturated rings. The molecule has 1 aliphatic carbocycles. The number of carbonyl (C=O) groups is 1. The van der Waals surface area contributed by atoms with Crippen LogP contribution in [0.15, 0.2) is 39.3 Å². The van der Waals surface area contributed by atoms with E-state index < -0.39 is 5.97 Å². The number of ether oxygens (including phenoxy) is 1. The zero-order chi connectivity index (χ0) is 14.5. The average molecular weight is 402 g/mol. The minimum absolute atomic E-state index is 0.0942. The van der Waals surface area contributed by atoms with Crippen molar-refractivity contribution < 1.29 is 14.6 Å². The summed E-state index contributed by atoms with van der Waals surface area (Å²) in [4.78, 5) is 10.5. The molecule has 0 bridgehead atoms. The predicted molar refractivity (Wildman–Crippen MR) is 85.9 cm³/mol. The number of benzene rings is 1. The Morgan fingerprint density at radius 1 is 1.35 bits per heavy atom. The monoisotopic (exact) mass is 400 g/mol. The number of hydrogen-bond donors (Lipinski definition) is 1. The van der Waals surface area contributed by atoms with E-state index in [2.05, 4.69) is 44.0 Å². The van der Waals surface area contributed by atoms with E-state index in [1.165, 1.54) is 0 Å². The van der Waals surface area contributed by atoms with Crippen LogP contribution in [0.1, 0.15) is 24.8 Å². The number of halogens is 2. The molecular formula is C15H14Br2O3. The summed E-state index contributed by atoms with van der Waals surface area (Å²) in [6, 6.07) is 3.68. The Labute approximate surface area is 134 Å². The van der Waals surface area contributed by atoms with Gasteiger partial charge in [0.15, 0.2) is 0 Å². The van der Waals surface area contributed by atoms with Gasteiger partial charge in [-0.1, -0.05) is 6.08 Å². The Kier molecular flexibility index (Phi) is 5.43. The first-order valence-electron chi connectivity index (χ1n) is 6.29. The molecule has 0 aromatic heterocycles. The van der Waals surface area contributed by atoms with Crippen LogP contribution in [0, 0.1) is 0 Å². The second-order valence-electron chi connectivity index (χ2n) is 4.50. The van der Waals surface area contributed by atoms with E-state index in [0.29, 0.717) is 0 Å². The average Bonchev–Trinajstić information content (AvgIpc) is 2.42. The third-order valence-electron chi connectivity index (χ3n) is 2.92. The van der Waals surface area contributed by atoms with Crippen LogP contribution in [-0.2, 0) is 4.79 Å². The molecule has 20 heavy (non-hydrogen) atoms. The quantitative estimate of drug-likeness (QED) is 0.582. The van der Waals surface area contributed by atoms with E-state index in [4.69, 9.17) is 9.84 Å². The fourth-order valence-corrected chi connectivity index (χ4v) is 3.40. The normalized spacial score (nSPS) is 18.4. The lowest BCUT2D eigenvalue weighted by atomic mass is 10.1. The van der Waals surface area contributed by atoms with E-state index in [0.717, 1.165) is 45.6 Å². The number of carboxylic acids is 1. The van der Waals surface area contributed by atoms with Crippen molar-refractivity contribution in [2.24, 2.45) is 0 Å². The smallest absolute Gasteiger partial charge is 0.328 e. The third kappa shape index (κ3) is 4.21. The standard InChI is InChI=1S/C15H14Br2O3/c16-12-8-10(6-7-14(18)19)9-13(17)15(12)20-11-4-2-1-3-5-11/h2,4,6-9,11H,1,3,5H2,(H,18,19)/b7-6+. The van der Waals surface area contributed by atoms with Crippen LogP contribution in [-0.4, -0.2) is 17.2 Å². The highest BCUT2D eigenvalue weighted by Crippen LogP contribution is 2.36. The molecule has 0 saturated heterocycles. The van der Waals surface area contributed by atoms with Gasteiger partial charge in [-0.25, -0.2) is 4.79 Å². The topological polar surface area (TPSA) is 46.5 Å². The maximum Gasteiger partial charge on any atom is 0.328 e. The largest absolute Gasteiger partial charge is 0.484 e. The summed E-state index contributed by atoms with van der Waals surface area (Å²) in [6.45, 7) is 0. The molecule has 0 spiro atoms. The summed E-state index contributed by atoms with van der Waals surface area (Å²) >= 11 is 6.94. The van der Waals surface area contributed by atoms with E-state index in [-0.39, 0.29) is 6.10 Å². The third-order valence-corrected chi connectivity index (χ3v) is 4.10. The second-order valence-corrected chi connectivity index (χ2v) is 6.21. The van der Waals surface area contributed by atoms with Crippen LogP contribution < -0.4 is 4.74 Å². The van der Waals surface area contributed by atoms with Crippen LogP contribution in [0.5, 0.6) is 5.75 Å². The van der Waals surface area contributed by atoms with Crippen molar-refractivity contribution in [1.82, 2.24) is 0 Å². The number of aliphatic carboxylic acids is 1. The number of carboxylic acid groups (broad SMARTS) is 1. The van der Waals surface area contributed by atoms with Gasteiger partial charge in [-0.15, -0.1) is 0 Å². The molecule has 0 amide bonds. The maximum absolute atomic E-state index is 10.5. The summed E-state index contributed by atoms with van der Waals surface area (Å²) in [7, 11) is 0. The van der Waals surface area contributed by atoms with Gasteiger partial charge in [0, 0.05) is 6.08 Å². The molecule has 0 aliphatic heterocycles. The van der Waals surface area contributed by atoms with Crippen LogP contribution >= 0.6 is 31.9 Å². The SMILES string of the molecule is O=C(O)/C=C/c1cc(Br)c(OC2C=CCCC2)c(Br)c1. The lowest BCUT2D eigenvalue weighted by Crippen LogP contribution is -2.16. The minimum Gasteiger partial charge on any atom is -0.484 e. The van der Waals surface area contributed by atoms with Crippen molar-refractivity contribution in [3.05, 3.63) is 44.9 Å². The fraction of sp³-hybridized carbons (Fsp3) is 0.267. The van der Waals surface area contributed by atoms with Crippen LogP contribution in [0.3, 0.4) is 0 Å². The molecular weight excluding hydrogens is 388 g/mol. The van der Waals surface area contributed by atoms with E-state index in [9.17, 15) is 4.79 Å². The maximum atomic E-state index is 10.5. The van der Waals surface area contributed by atoms with Gasteiger partial charge < -0.3 is 9.84 Å². The fourth-order valence-electron chi connectivity index (χ4n) is 1.99. The van der Waals surface area contributed by atoms with Gasteiger partial charge >= 0.3 is 5.97 Å². The predicted octanol–water partition coefficient (Wildman–Crippen LogP) is 4.80. The van der Waals surface area contributed by atoms with E-state index >= 15 is 0 Å². The summed E-state index contributed by atoms with van der Waals surface area (Å²) < 4.78 is 7.58. The molecule has 2 rings (SSSR count). The van der Waals surface area contributed by atoms with E-state index in [1.807, 2.05) is 12.1 Å². The zero-order valence-electron chi connectivity index (χ0n) is 10.7. The van der Waals surface area contributed by atoms with Crippen LogP contribution in [0.2, 0.25) is 0 Å². The van der Waals surface area contributed by atoms with Crippen molar-refractivity contribution in [3.63, 3.8) is 0 Å². The molecule has 0 heterocycles. The van der Waals surface area contributed by atoms with Crippen LogP contribution in [0.4, 0.5) is 0 Å². The van der Waals surface area contributed by atoms with Gasteiger partial charge in [0.05, 0.1) is 8.95 Å².